The number of aliphatic hydroxyl groups excluding tert-OH is 1. The van der Waals surface area contributed by atoms with Gasteiger partial charge in [-0.2, -0.15) is 0 Å². The van der Waals surface area contributed by atoms with Crippen LogP contribution < -0.4 is 5.32 Å². The second kappa shape index (κ2) is 5.71. The first kappa shape index (κ1) is 15.2. The van der Waals surface area contributed by atoms with Gasteiger partial charge in [-0.25, -0.2) is 4.98 Å². The number of imidazole rings is 1. The number of carbonyl (C=O) groups is 1. The number of aromatic nitrogens is 3. The van der Waals surface area contributed by atoms with Gasteiger partial charge in [-0.05, 0) is 65.3 Å². The van der Waals surface area contributed by atoms with Crippen molar-refractivity contribution in [2.24, 2.45) is 5.92 Å². The topological polar surface area (TPSA) is 82.4 Å². The molecule has 0 atom stereocenters. The predicted molar refractivity (Wildman–Crippen MR) is 99.8 cm³/mol. The summed E-state index contributed by atoms with van der Waals surface area (Å²) in [7, 11) is 0. The molecule has 3 heterocycles. The van der Waals surface area contributed by atoms with Crippen LogP contribution >= 0.6 is 0 Å². The first-order chi connectivity index (χ1) is 12.7. The van der Waals surface area contributed by atoms with Crippen LogP contribution in [0.15, 0.2) is 48.9 Å². The fraction of sp³-hybridized carbons (Fsp3) is 0.200. The van der Waals surface area contributed by atoms with Gasteiger partial charge >= 0.3 is 0 Å². The normalized spacial score (nSPS) is 14.2. The van der Waals surface area contributed by atoms with Crippen LogP contribution in [0.2, 0.25) is 0 Å². The SMILES string of the molecule is O=C(Nc1cn2cc(-c3cc4[nH]ccc4cc3CO)ccc2n1)C1CC1. The lowest BCUT2D eigenvalue weighted by Gasteiger charge is -2.09. The smallest absolute Gasteiger partial charge is 0.228 e. The number of amides is 1. The summed E-state index contributed by atoms with van der Waals surface area (Å²) >= 11 is 0. The van der Waals surface area contributed by atoms with Crippen LogP contribution in [0.1, 0.15) is 18.4 Å². The highest BCUT2D eigenvalue weighted by atomic mass is 16.3. The third-order valence-corrected chi connectivity index (χ3v) is 4.91. The Morgan fingerprint density at radius 2 is 2.15 bits per heavy atom. The van der Waals surface area contributed by atoms with Gasteiger partial charge in [0.15, 0.2) is 5.82 Å². The molecule has 1 saturated carbocycles. The molecular formula is C20H18N4O2. The molecule has 0 unspecified atom stereocenters. The Morgan fingerprint density at radius 1 is 1.27 bits per heavy atom. The number of hydrogen-bond acceptors (Lipinski definition) is 3. The van der Waals surface area contributed by atoms with Crippen LogP contribution in [0.5, 0.6) is 0 Å². The van der Waals surface area contributed by atoms with E-state index in [0.29, 0.717) is 5.82 Å². The van der Waals surface area contributed by atoms with E-state index in [2.05, 4.69) is 21.4 Å². The molecule has 0 radical (unpaired) electrons. The number of hydrogen-bond donors (Lipinski definition) is 3. The molecule has 6 nitrogen and oxygen atoms in total. The number of fused-ring (bicyclic) bond motifs is 2. The minimum atomic E-state index is -0.0267. The number of aliphatic hydroxyl groups is 1. The Hall–Kier alpha value is -3.12. The van der Waals surface area contributed by atoms with Gasteiger partial charge in [-0.1, -0.05) is 0 Å². The third-order valence-electron chi connectivity index (χ3n) is 4.91. The van der Waals surface area contributed by atoms with E-state index < -0.39 is 0 Å². The standard InChI is InChI=1S/C20H18N4O2/c25-11-15-7-13-5-6-21-17(13)8-16(15)14-3-4-19-22-18(10-24(19)9-14)23-20(26)12-1-2-12/h3-10,12,21,25H,1-2,11H2,(H,23,26). The molecule has 0 spiro atoms. The summed E-state index contributed by atoms with van der Waals surface area (Å²) < 4.78 is 1.90. The van der Waals surface area contributed by atoms with Gasteiger partial charge in [0.25, 0.3) is 0 Å². The van der Waals surface area contributed by atoms with Crippen LogP contribution in [0.25, 0.3) is 27.7 Å². The predicted octanol–water partition coefficient (Wildman–Crippen LogP) is 3.32. The van der Waals surface area contributed by atoms with Gasteiger partial charge < -0.3 is 19.8 Å². The Bertz CT molecular complexity index is 1140. The van der Waals surface area contributed by atoms with E-state index >= 15 is 0 Å². The van der Waals surface area contributed by atoms with Crippen molar-refractivity contribution in [3.05, 3.63) is 54.5 Å². The number of H-pyrrole nitrogens is 1. The molecule has 0 bridgehead atoms. The van der Waals surface area contributed by atoms with Crippen LogP contribution in [0.3, 0.4) is 0 Å². The molecule has 1 aliphatic carbocycles. The van der Waals surface area contributed by atoms with Crippen molar-refractivity contribution in [2.75, 3.05) is 5.32 Å². The van der Waals surface area contributed by atoms with Gasteiger partial charge in [0.1, 0.15) is 5.65 Å². The summed E-state index contributed by atoms with van der Waals surface area (Å²) in [5.41, 5.74) is 4.63. The molecule has 6 heteroatoms. The zero-order valence-corrected chi connectivity index (χ0v) is 14.1. The first-order valence-corrected chi connectivity index (χ1v) is 8.72. The van der Waals surface area contributed by atoms with E-state index in [4.69, 9.17) is 0 Å². The lowest BCUT2D eigenvalue weighted by Crippen LogP contribution is -2.13. The maximum atomic E-state index is 11.9. The molecule has 1 aromatic carbocycles. The zero-order chi connectivity index (χ0) is 17.7. The summed E-state index contributed by atoms with van der Waals surface area (Å²) in [6.07, 6.45) is 7.62. The number of rotatable bonds is 4. The number of anilines is 1. The summed E-state index contributed by atoms with van der Waals surface area (Å²) in [6.45, 7) is -0.0267. The van der Waals surface area contributed by atoms with Crippen LogP contribution in [-0.2, 0) is 11.4 Å². The Kier molecular flexibility index (Phi) is 3.33. The quantitative estimate of drug-likeness (QED) is 0.530. The van der Waals surface area contributed by atoms with Gasteiger partial charge in [0, 0.05) is 23.8 Å². The van der Waals surface area contributed by atoms with E-state index in [0.717, 1.165) is 46.1 Å². The molecule has 3 aromatic heterocycles. The molecule has 0 aliphatic heterocycles. The number of carbonyl (C=O) groups excluding carboxylic acids is 1. The average molecular weight is 346 g/mol. The summed E-state index contributed by atoms with van der Waals surface area (Å²) in [6, 6.07) is 9.95. The largest absolute Gasteiger partial charge is 0.392 e. The summed E-state index contributed by atoms with van der Waals surface area (Å²) in [5, 5.41) is 13.7. The fourth-order valence-corrected chi connectivity index (χ4v) is 3.33. The van der Waals surface area contributed by atoms with E-state index in [1.165, 1.54) is 0 Å². The first-order valence-electron chi connectivity index (χ1n) is 8.72. The van der Waals surface area contributed by atoms with Crippen LogP contribution in [0.4, 0.5) is 5.82 Å². The van der Waals surface area contributed by atoms with Crippen molar-refractivity contribution < 1.29 is 9.90 Å². The molecule has 4 aromatic rings. The zero-order valence-electron chi connectivity index (χ0n) is 14.1. The Labute approximate surface area is 149 Å². The molecule has 3 N–H and O–H groups in total. The Morgan fingerprint density at radius 3 is 2.96 bits per heavy atom. The van der Waals surface area contributed by atoms with E-state index in [1.807, 2.05) is 47.3 Å². The van der Waals surface area contributed by atoms with E-state index in [9.17, 15) is 9.90 Å². The second-order valence-corrected chi connectivity index (χ2v) is 6.81. The highest BCUT2D eigenvalue weighted by molar-refractivity contribution is 5.93. The molecule has 5 rings (SSSR count). The average Bonchev–Trinajstić information content (AvgIpc) is 3.28. The highest BCUT2D eigenvalue weighted by Gasteiger charge is 2.30. The molecule has 26 heavy (non-hydrogen) atoms. The van der Waals surface area contributed by atoms with Crippen molar-refractivity contribution in [2.45, 2.75) is 19.4 Å². The molecule has 1 aliphatic rings. The van der Waals surface area contributed by atoms with Crippen molar-refractivity contribution in [3.63, 3.8) is 0 Å². The van der Waals surface area contributed by atoms with Gasteiger partial charge in [0.2, 0.25) is 5.91 Å². The fourth-order valence-electron chi connectivity index (χ4n) is 3.33. The highest BCUT2D eigenvalue weighted by Crippen LogP contribution is 2.31. The molecule has 1 amide bonds. The van der Waals surface area contributed by atoms with Gasteiger partial charge in [-0.3, -0.25) is 4.79 Å². The van der Waals surface area contributed by atoms with Crippen molar-refractivity contribution in [1.82, 2.24) is 14.4 Å². The third kappa shape index (κ3) is 2.55. The van der Waals surface area contributed by atoms with Crippen molar-refractivity contribution in [3.8, 4) is 11.1 Å². The number of nitrogens with one attached hydrogen (secondary N) is 2. The molecular weight excluding hydrogens is 328 g/mol. The van der Waals surface area contributed by atoms with Crippen LogP contribution in [0, 0.1) is 5.92 Å². The number of pyridine rings is 1. The van der Waals surface area contributed by atoms with E-state index in [1.54, 1.807) is 0 Å². The van der Waals surface area contributed by atoms with Crippen molar-refractivity contribution in [1.29, 1.82) is 0 Å². The molecule has 1 fully saturated rings. The minimum Gasteiger partial charge on any atom is -0.392 e. The molecule has 130 valence electrons. The monoisotopic (exact) mass is 346 g/mol. The lowest BCUT2D eigenvalue weighted by molar-refractivity contribution is -0.117. The summed E-state index contributed by atoms with van der Waals surface area (Å²) in [5.74, 6) is 0.768. The second-order valence-electron chi connectivity index (χ2n) is 6.81. The summed E-state index contributed by atoms with van der Waals surface area (Å²) in [4.78, 5) is 19.6. The van der Waals surface area contributed by atoms with Crippen molar-refractivity contribution >= 4 is 28.3 Å². The van der Waals surface area contributed by atoms with Crippen LogP contribution in [-0.4, -0.2) is 25.4 Å². The minimum absolute atomic E-state index is 0.0267. The number of nitrogens with zero attached hydrogens (tertiary/aromatic N) is 2. The Balaban J connectivity index is 1.55. The maximum absolute atomic E-state index is 11.9. The number of aromatic amines is 1. The van der Waals surface area contributed by atoms with E-state index in [-0.39, 0.29) is 18.4 Å². The van der Waals surface area contributed by atoms with Gasteiger partial charge in [-0.15, -0.1) is 0 Å². The number of benzene rings is 1. The maximum Gasteiger partial charge on any atom is 0.228 e. The molecule has 0 saturated heterocycles. The lowest BCUT2D eigenvalue weighted by atomic mass is 9.99. The van der Waals surface area contributed by atoms with Gasteiger partial charge in [0.05, 0.1) is 12.8 Å².